The first-order valence-corrected chi connectivity index (χ1v) is 11.3. The number of amides is 1. The Morgan fingerprint density at radius 3 is 2.71 bits per heavy atom. The van der Waals surface area contributed by atoms with Crippen molar-refractivity contribution in [3.63, 3.8) is 0 Å². The Labute approximate surface area is 184 Å². The highest BCUT2D eigenvalue weighted by atomic mass is 35.5. The molecule has 0 radical (unpaired) electrons. The standard InChI is InChI=1S/C16H20Cl2N4O3S2.ClH/c1-11-13(18)3-2-4-14(11)27(24,25)21-16-20-12(10-26-16)5-7-22(8-6-19)15(23)9-17;/h2-4,10H,5-9,19H2,1H3,(H,20,21);1H. The van der Waals surface area contributed by atoms with E-state index in [2.05, 4.69) is 9.71 Å². The van der Waals surface area contributed by atoms with Crippen molar-refractivity contribution in [2.24, 2.45) is 5.73 Å². The van der Waals surface area contributed by atoms with E-state index >= 15 is 0 Å². The molecule has 0 aliphatic heterocycles. The summed E-state index contributed by atoms with van der Waals surface area (Å²) in [7, 11) is -3.80. The van der Waals surface area contributed by atoms with Crippen molar-refractivity contribution in [1.29, 1.82) is 0 Å². The van der Waals surface area contributed by atoms with Gasteiger partial charge in [-0.25, -0.2) is 13.4 Å². The summed E-state index contributed by atoms with van der Waals surface area (Å²) in [5, 5.41) is 2.37. The van der Waals surface area contributed by atoms with E-state index in [9.17, 15) is 13.2 Å². The summed E-state index contributed by atoms with van der Waals surface area (Å²) in [6.45, 7) is 2.79. The fourth-order valence-corrected chi connectivity index (χ4v) is 5.03. The number of alkyl halides is 1. The molecule has 0 atom stereocenters. The van der Waals surface area contributed by atoms with Crippen LogP contribution in [0.15, 0.2) is 28.5 Å². The Bertz CT molecular complexity index is 906. The topological polar surface area (TPSA) is 105 Å². The van der Waals surface area contributed by atoms with Gasteiger partial charge in [-0.1, -0.05) is 17.7 Å². The number of carbonyl (C=O) groups excluding carboxylic acids is 1. The van der Waals surface area contributed by atoms with Gasteiger partial charge in [-0.05, 0) is 24.6 Å². The van der Waals surface area contributed by atoms with Gasteiger partial charge >= 0.3 is 0 Å². The molecule has 0 saturated heterocycles. The number of carbonyl (C=O) groups is 1. The van der Waals surface area contributed by atoms with Crippen LogP contribution in [0.4, 0.5) is 5.13 Å². The summed E-state index contributed by atoms with van der Waals surface area (Å²) in [5.74, 6) is -0.309. The fraction of sp³-hybridized carbons (Fsp3) is 0.375. The minimum atomic E-state index is -3.80. The van der Waals surface area contributed by atoms with E-state index in [0.29, 0.717) is 42.3 Å². The highest BCUT2D eigenvalue weighted by molar-refractivity contribution is 7.93. The Morgan fingerprint density at radius 2 is 2.07 bits per heavy atom. The second-order valence-electron chi connectivity index (χ2n) is 5.67. The third kappa shape index (κ3) is 6.47. The number of halogens is 3. The first-order chi connectivity index (χ1) is 12.8. The Morgan fingerprint density at radius 1 is 1.36 bits per heavy atom. The number of hydrogen-bond acceptors (Lipinski definition) is 6. The average Bonchev–Trinajstić information content (AvgIpc) is 3.06. The van der Waals surface area contributed by atoms with Crippen LogP contribution < -0.4 is 10.5 Å². The molecule has 1 aromatic heterocycles. The number of sulfonamides is 1. The molecule has 0 fully saturated rings. The molecule has 1 amide bonds. The summed E-state index contributed by atoms with van der Waals surface area (Å²) in [6.07, 6.45) is 0.469. The summed E-state index contributed by atoms with van der Waals surface area (Å²) < 4.78 is 27.6. The maximum absolute atomic E-state index is 12.6. The molecule has 2 rings (SSSR count). The number of aromatic nitrogens is 1. The van der Waals surface area contributed by atoms with Gasteiger partial charge in [0.1, 0.15) is 5.88 Å². The summed E-state index contributed by atoms with van der Waals surface area (Å²) in [5.41, 5.74) is 6.65. The van der Waals surface area contributed by atoms with Crippen LogP contribution in [0.25, 0.3) is 0 Å². The molecule has 1 heterocycles. The van der Waals surface area contributed by atoms with Crippen molar-refractivity contribution in [2.45, 2.75) is 18.2 Å². The van der Waals surface area contributed by atoms with Gasteiger partial charge < -0.3 is 10.6 Å². The molecule has 0 aliphatic carbocycles. The van der Waals surface area contributed by atoms with E-state index in [0.717, 1.165) is 0 Å². The Hall–Kier alpha value is -1.10. The van der Waals surface area contributed by atoms with Crippen LogP contribution in [0.2, 0.25) is 5.02 Å². The molecule has 7 nitrogen and oxygen atoms in total. The number of hydrogen-bond donors (Lipinski definition) is 2. The molecule has 12 heteroatoms. The smallest absolute Gasteiger partial charge is 0.263 e. The lowest BCUT2D eigenvalue weighted by Gasteiger charge is -2.20. The molecule has 156 valence electrons. The first-order valence-electron chi connectivity index (χ1n) is 8.04. The Balaban J connectivity index is 0.00000392. The maximum Gasteiger partial charge on any atom is 0.263 e. The van der Waals surface area contributed by atoms with Gasteiger partial charge in [0.25, 0.3) is 10.0 Å². The van der Waals surface area contributed by atoms with E-state index in [1.54, 1.807) is 29.3 Å². The lowest BCUT2D eigenvalue weighted by Crippen LogP contribution is -2.37. The SMILES string of the molecule is Cc1c(Cl)cccc1S(=O)(=O)Nc1nc(CCN(CCN)C(=O)CCl)cs1.Cl. The van der Waals surface area contributed by atoms with Crippen LogP contribution in [0.5, 0.6) is 0 Å². The highest BCUT2D eigenvalue weighted by Crippen LogP contribution is 2.26. The molecule has 3 N–H and O–H groups in total. The molecule has 0 spiro atoms. The van der Waals surface area contributed by atoms with Crippen molar-refractivity contribution in [1.82, 2.24) is 9.88 Å². The lowest BCUT2D eigenvalue weighted by molar-refractivity contribution is -0.128. The van der Waals surface area contributed by atoms with Crippen LogP contribution in [-0.4, -0.2) is 49.7 Å². The number of anilines is 1. The molecule has 0 saturated carbocycles. The molecule has 1 aromatic carbocycles. The number of thiazole rings is 1. The number of nitrogens with one attached hydrogen (secondary N) is 1. The Kier molecular flexibility index (Phi) is 9.96. The quantitative estimate of drug-likeness (QED) is 0.529. The minimum absolute atomic E-state index is 0. The summed E-state index contributed by atoms with van der Waals surface area (Å²) in [4.78, 5) is 17.7. The monoisotopic (exact) mass is 486 g/mol. The van der Waals surface area contributed by atoms with E-state index < -0.39 is 10.0 Å². The van der Waals surface area contributed by atoms with Gasteiger partial charge in [0.2, 0.25) is 5.91 Å². The van der Waals surface area contributed by atoms with Crippen molar-refractivity contribution in [2.75, 3.05) is 30.2 Å². The number of benzene rings is 1. The largest absolute Gasteiger partial charge is 0.340 e. The van der Waals surface area contributed by atoms with Gasteiger partial charge in [0.05, 0.1) is 10.6 Å². The zero-order chi connectivity index (χ0) is 20.0. The van der Waals surface area contributed by atoms with Gasteiger partial charge in [-0.15, -0.1) is 35.3 Å². The first kappa shape index (κ1) is 24.9. The van der Waals surface area contributed by atoms with Gasteiger partial charge in [-0.2, -0.15) is 0 Å². The second-order valence-corrected chi connectivity index (χ2v) is 8.85. The third-order valence-electron chi connectivity index (χ3n) is 3.78. The van der Waals surface area contributed by atoms with Crippen molar-refractivity contribution in [3.05, 3.63) is 39.9 Å². The third-order valence-corrected chi connectivity index (χ3v) is 6.84. The number of rotatable bonds is 9. The molecule has 0 bridgehead atoms. The van der Waals surface area contributed by atoms with Gasteiger partial charge in [0, 0.05) is 36.5 Å². The maximum atomic E-state index is 12.6. The predicted octanol–water partition coefficient (Wildman–Crippen LogP) is 2.90. The minimum Gasteiger partial charge on any atom is -0.340 e. The predicted molar refractivity (Wildman–Crippen MR) is 116 cm³/mol. The van der Waals surface area contributed by atoms with Crippen LogP contribution in [0.3, 0.4) is 0 Å². The van der Waals surface area contributed by atoms with Crippen molar-refractivity contribution >= 4 is 68.0 Å². The van der Waals surface area contributed by atoms with Crippen LogP contribution in [0.1, 0.15) is 11.3 Å². The number of nitrogens with two attached hydrogens (primary N) is 1. The van der Waals surface area contributed by atoms with Crippen molar-refractivity contribution < 1.29 is 13.2 Å². The van der Waals surface area contributed by atoms with Crippen LogP contribution >= 0.6 is 46.9 Å². The van der Waals surface area contributed by atoms with E-state index in [1.165, 1.54) is 17.4 Å². The summed E-state index contributed by atoms with van der Waals surface area (Å²) in [6, 6.07) is 4.70. The zero-order valence-corrected chi connectivity index (χ0v) is 19.0. The van der Waals surface area contributed by atoms with E-state index in [1.807, 2.05) is 0 Å². The fourth-order valence-electron chi connectivity index (χ4n) is 2.37. The van der Waals surface area contributed by atoms with Crippen molar-refractivity contribution in [3.8, 4) is 0 Å². The van der Waals surface area contributed by atoms with Crippen LogP contribution in [0, 0.1) is 6.92 Å². The zero-order valence-electron chi connectivity index (χ0n) is 15.0. The number of nitrogens with zero attached hydrogens (tertiary/aromatic N) is 2. The second kappa shape index (κ2) is 11.2. The average molecular weight is 488 g/mol. The van der Waals surface area contributed by atoms with E-state index in [4.69, 9.17) is 28.9 Å². The molecule has 0 aliphatic rings. The summed E-state index contributed by atoms with van der Waals surface area (Å²) >= 11 is 12.8. The van der Waals surface area contributed by atoms with E-state index in [-0.39, 0.29) is 34.2 Å². The normalized spacial score (nSPS) is 11.0. The molecular formula is C16H21Cl3N4O3S2. The molecular weight excluding hydrogens is 467 g/mol. The highest BCUT2D eigenvalue weighted by Gasteiger charge is 2.20. The molecule has 2 aromatic rings. The molecule has 0 unspecified atom stereocenters. The van der Waals surface area contributed by atoms with Gasteiger partial charge in [0.15, 0.2) is 5.13 Å². The molecule has 28 heavy (non-hydrogen) atoms. The van der Waals surface area contributed by atoms with Crippen LogP contribution in [-0.2, 0) is 21.2 Å². The van der Waals surface area contributed by atoms with Gasteiger partial charge in [-0.3, -0.25) is 9.52 Å². The lowest BCUT2D eigenvalue weighted by atomic mass is 10.2.